The van der Waals surface area contributed by atoms with Crippen LogP contribution in [0.4, 0.5) is 0 Å². The zero-order chi connectivity index (χ0) is 19.5. The first-order valence-corrected chi connectivity index (χ1v) is 11.0. The number of ether oxygens (including phenoxy) is 4. The average Bonchev–Trinajstić information content (AvgIpc) is 2.72. The van der Waals surface area contributed by atoms with Crippen LogP contribution >= 0.6 is 0 Å². The van der Waals surface area contributed by atoms with Gasteiger partial charge < -0.3 is 0 Å². The Kier molecular flexibility index (Phi) is 6.11. The first kappa shape index (κ1) is 19.6. The molecule has 0 spiro atoms. The van der Waals surface area contributed by atoms with Gasteiger partial charge in [-0.3, -0.25) is 0 Å². The van der Waals surface area contributed by atoms with Crippen LogP contribution in [-0.4, -0.2) is 62.1 Å². The van der Waals surface area contributed by atoms with Crippen molar-refractivity contribution in [1.29, 1.82) is 0 Å². The monoisotopic (exact) mass is 450 g/mol. The van der Waals surface area contributed by atoms with Crippen molar-refractivity contribution in [2.75, 3.05) is 6.61 Å². The fraction of sp³-hybridized carbons (Fsp3) is 0.381. The molecule has 2 aliphatic heterocycles. The Morgan fingerprint density at radius 1 is 1.07 bits per heavy atom. The van der Waals surface area contributed by atoms with E-state index in [1.165, 1.54) is 6.92 Å². The molecule has 2 aromatic carbocycles. The standard InChI is InChI=1S/C21H22O6Se/c1-13(22)25-19-17(23)21(28-15-10-6-3-7-11-15)26-16-12-24-20(27-18(16)19)14-8-4-2-5-9-14/h2-11,16-21,23H,12H2,1H3/t16-,17-,18+,19-,20+,21+/m1/s1. The van der Waals surface area contributed by atoms with Gasteiger partial charge in [-0.15, -0.1) is 0 Å². The van der Waals surface area contributed by atoms with Gasteiger partial charge in [-0.05, 0) is 0 Å². The zero-order valence-electron chi connectivity index (χ0n) is 15.3. The summed E-state index contributed by atoms with van der Waals surface area (Å²) in [5, 5.41) is 10.5. The third kappa shape index (κ3) is 4.30. The normalized spacial score (nSPS) is 32.4. The van der Waals surface area contributed by atoms with Crippen molar-refractivity contribution in [2.45, 2.75) is 42.6 Å². The molecule has 0 aromatic heterocycles. The second-order valence-electron chi connectivity index (χ2n) is 6.72. The number of rotatable bonds is 4. The molecule has 0 bridgehead atoms. The second kappa shape index (κ2) is 8.74. The van der Waals surface area contributed by atoms with Crippen LogP contribution in [0.5, 0.6) is 0 Å². The third-order valence-corrected chi connectivity index (χ3v) is 7.12. The molecule has 0 unspecified atom stereocenters. The topological polar surface area (TPSA) is 74.2 Å². The van der Waals surface area contributed by atoms with Gasteiger partial charge in [-0.25, -0.2) is 0 Å². The fourth-order valence-electron chi connectivity index (χ4n) is 3.40. The summed E-state index contributed by atoms with van der Waals surface area (Å²) in [7, 11) is 0. The van der Waals surface area contributed by atoms with Crippen LogP contribution in [0.3, 0.4) is 0 Å². The number of aliphatic hydroxyl groups is 1. The summed E-state index contributed by atoms with van der Waals surface area (Å²) in [6.45, 7) is 1.64. The second-order valence-corrected chi connectivity index (χ2v) is 9.17. The van der Waals surface area contributed by atoms with E-state index in [1.54, 1.807) is 0 Å². The number of benzene rings is 2. The summed E-state index contributed by atoms with van der Waals surface area (Å²) in [6, 6.07) is 19.4. The molecule has 0 aliphatic carbocycles. The molecule has 148 valence electrons. The zero-order valence-corrected chi connectivity index (χ0v) is 17.1. The van der Waals surface area contributed by atoms with Gasteiger partial charge in [0.2, 0.25) is 0 Å². The first-order chi connectivity index (χ1) is 13.6. The molecule has 7 heteroatoms. The van der Waals surface area contributed by atoms with Crippen molar-refractivity contribution in [3.8, 4) is 0 Å². The molecular formula is C21H22O6Se. The molecule has 6 atom stereocenters. The van der Waals surface area contributed by atoms with Crippen molar-refractivity contribution in [2.24, 2.45) is 0 Å². The number of aliphatic hydroxyl groups excluding tert-OH is 1. The number of hydrogen-bond donors (Lipinski definition) is 1. The number of fused-ring (bicyclic) bond motifs is 1. The maximum absolute atomic E-state index is 11.7. The molecule has 0 radical (unpaired) electrons. The van der Waals surface area contributed by atoms with E-state index in [0.717, 1.165) is 10.0 Å². The van der Waals surface area contributed by atoms with Crippen molar-refractivity contribution in [3.63, 3.8) is 0 Å². The molecule has 2 saturated heterocycles. The van der Waals surface area contributed by atoms with Gasteiger partial charge in [0.25, 0.3) is 0 Å². The maximum atomic E-state index is 11.7. The Balaban J connectivity index is 1.54. The predicted molar refractivity (Wildman–Crippen MR) is 102 cm³/mol. The molecule has 2 heterocycles. The fourth-order valence-corrected chi connectivity index (χ4v) is 5.65. The minimum absolute atomic E-state index is 0.152. The summed E-state index contributed by atoms with van der Waals surface area (Å²) >= 11 is -0.152. The number of carbonyl (C=O) groups is 1. The van der Waals surface area contributed by atoms with Gasteiger partial charge in [0.05, 0.1) is 0 Å². The van der Waals surface area contributed by atoms with E-state index in [-0.39, 0.29) is 15.0 Å². The Morgan fingerprint density at radius 3 is 2.43 bits per heavy atom. The van der Waals surface area contributed by atoms with Gasteiger partial charge in [0.15, 0.2) is 0 Å². The molecule has 28 heavy (non-hydrogen) atoms. The third-order valence-electron chi connectivity index (χ3n) is 4.68. The van der Waals surface area contributed by atoms with E-state index < -0.39 is 41.7 Å². The summed E-state index contributed by atoms with van der Waals surface area (Å²) in [5.41, 5.74) is 0.868. The van der Waals surface area contributed by atoms with Crippen molar-refractivity contribution in [1.82, 2.24) is 0 Å². The van der Waals surface area contributed by atoms with Crippen LogP contribution < -0.4 is 4.46 Å². The average molecular weight is 449 g/mol. The van der Waals surface area contributed by atoms with Crippen LogP contribution in [0.15, 0.2) is 60.7 Å². The minimum atomic E-state index is -0.972. The van der Waals surface area contributed by atoms with Gasteiger partial charge in [0.1, 0.15) is 0 Å². The van der Waals surface area contributed by atoms with Gasteiger partial charge in [-0.1, -0.05) is 0 Å². The molecule has 0 saturated carbocycles. The Labute approximate surface area is 169 Å². The Morgan fingerprint density at radius 2 is 1.75 bits per heavy atom. The van der Waals surface area contributed by atoms with E-state index in [2.05, 4.69) is 0 Å². The van der Waals surface area contributed by atoms with Crippen LogP contribution in [0.1, 0.15) is 18.8 Å². The van der Waals surface area contributed by atoms with Crippen LogP contribution in [0, 0.1) is 0 Å². The summed E-state index contributed by atoms with van der Waals surface area (Å²) in [5.74, 6) is -0.456. The number of carbonyl (C=O) groups excluding carboxylic acids is 1. The van der Waals surface area contributed by atoms with Crippen molar-refractivity contribution >= 4 is 25.4 Å². The predicted octanol–water partition coefficient (Wildman–Crippen LogP) is 1.15. The molecule has 2 aromatic rings. The van der Waals surface area contributed by atoms with E-state index in [4.69, 9.17) is 18.9 Å². The summed E-state index contributed by atoms with van der Waals surface area (Å²) < 4.78 is 24.7. The van der Waals surface area contributed by atoms with Crippen molar-refractivity contribution < 1.29 is 28.8 Å². The number of hydrogen-bond acceptors (Lipinski definition) is 6. The molecule has 6 nitrogen and oxygen atoms in total. The van der Waals surface area contributed by atoms with E-state index in [1.807, 2.05) is 60.7 Å². The van der Waals surface area contributed by atoms with Gasteiger partial charge >= 0.3 is 170 Å². The SMILES string of the molecule is CC(=O)O[C@@H]1[C@@H](O)[C@H]([Se]c2ccccc2)O[C@@H]2CO[C@H](c3ccccc3)O[C@H]12. The van der Waals surface area contributed by atoms with Crippen LogP contribution in [-0.2, 0) is 23.7 Å². The van der Waals surface area contributed by atoms with Crippen molar-refractivity contribution in [3.05, 3.63) is 66.2 Å². The quantitative estimate of drug-likeness (QED) is 0.558. The molecule has 1 N–H and O–H groups in total. The summed E-state index contributed by atoms with van der Waals surface area (Å²) in [6.07, 6.45) is -3.38. The van der Waals surface area contributed by atoms with Gasteiger partial charge in [0, 0.05) is 0 Å². The molecular weight excluding hydrogens is 427 g/mol. The van der Waals surface area contributed by atoms with Crippen LogP contribution in [0.25, 0.3) is 0 Å². The molecule has 2 aliphatic rings. The van der Waals surface area contributed by atoms with Crippen LogP contribution in [0.2, 0.25) is 0 Å². The van der Waals surface area contributed by atoms with E-state index in [0.29, 0.717) is 6.61 Å². The Bertz CT molecular complexity index is 786. The van der Waals surface area contributed by atoms with E-state index >= 15 is 0 Å². The number of esters is 1. The summed E-state index contributed by atoms with van der Waals surface area (Å²) in [4.78, 5) is 11.7. The molecule has 4 rings (SSSR count). The Hall–Kier alpha value is -1.73. The molecule has 2 fully saturated rings. The van der Waals surface area contributed by atoms with Gasteiger partial charge in [-0.2, -0.15) is 0 Å². The molecule has 0 amide bonds. The first-order valence-electron chi connectivity index (χ1n) is 9.16. The van der Waals surface area contributed by atoms with E-state index in [9.17, 15) is 9.90 Å².